The molecule has 3 rings (SSSR count). The summed E-state index contributed by atoms with van der Waals surface area (Å²) >= 11 is 1.55. The average Bonchev–Trinajstić information content (AvgIpc) is 3.06. The van der Waals surface area contributed by atoms with Gasteiger partial charge in [0, 0.05) is 18.2 Å². The highest BCUT2D eigenvalue weighted by molar-refractivity contribution is 7.18. The Labute approximate surface area is 161 Å². The molecule has 0 aliphatic carbocycles. The van der Waals surface area contributed by atoms with Gasteiger partial charge in [-0.2, -0.15) is 5.10 Å². The van der Waals surface area contributed by atoms with Crippen molar-refractivity contribution in [3.05, 3.63) is 70.7 Å². The number of nitrogens with one attached hydrogen (secondary N) is 1. The smallest absolute Gasteiger partial charge is 0.266 e. The Morgan fingerprint density at radius 1 is 1.22 bits per heavy atom. The summed E-state index contributed by atoms with van der Waals surface area (Å²) in [6.07, 6.45) is 3.11. The molecule has 1 N–H and O–H groups in total. The molecule has 2 heterocycles. The van der Waals surface area contributed by atoms with Gasteiger partial charge in [0.15, 0.2) is 0 Å². The van der Waals surface area contributed by atoms with Gasteiger partial charge in [0.25, 0.3) is 5.56 Å². The quantitative estimate of drug-likeness (QED) is 0.667. The Morgan fingerprint density at radius 3 is 2.74 bits per heavy atom. The molecule has 0 spiro atoms. The molecule has 27 heavy (non-hydrogen) atoms. The first kappa shape index (κ1) is 18.7. The zero-order chi connectivity index (χ0) is 19.2. The Bertz CT molecular complexity index is 1020. The van der Waals surface area contributed by atoms with Crippen LogP contribution >= 0.6 is 11.3 Å². The summed E-state index contributed by atoms with van der Waals surface area (Å²) in [7, 11) is 0. The van der Waals surface area contributed by atoms with E-state index < -0.39 is 0 Å². The van der Waals surface area contributed by atoms with E-state index in [1.807, 2.05) is 37.3 Å². The van der Waals surface area contributed by atoms with E-state index in [-0.39, 0.29) is 11.5 Å². The van der Waals surface area contributed by atoms with Gasteiger partial charge in [0.2, 0.25) is 5.91 Å². The number of hydrogen-bond acceptors (Lipinski definition) is 5. The minimum Gasteiger partial charge on any atom is -0.351 e. The summed E-state index contributed by atoms with van der Waals surface area (Å²) in [5, 5.41) is 8.10. The highest BCUT2D eigenvalue weighted by atomic mass is 32.1. The van der Waals surface area contributed by atoms with Crippen LogP contribution in [0.5, 0.6) is 0 Å². The maximum atomic E-state index is 12.1. The number of benzene rings is 1. The molecule has 3 aromatic rings. The molecule has 0 aliphatic heterocycles. The van der Waals surface area contributed by atoms with Crippen molar-refractivity contribution in [1.29, 1.82) is 0 Å². The largest absolute Gasteiger partial charge is 0.351 e. The van der Waals surface area contributed by atoms with Crippen LogP contribution in [-0.4, -0.2) is 27.2 Å². The predicted octanol–water partition coefficient (Wildman–Crippen LogP) is 3.03. The van der Waals surface area contributed by atoms with Crippen molar-refractivity contribution in [3.63, 3.8) is 0 Å². The van der Waals surface area contributed by atoms with Gasteiger partial charge in [0.05, 0.1) is 17.1 Å². The molecule has 0 fully saturated rings. The summed E-state index contributed by atoms with van der Waals surface area (Å²) in [5.74, 6) is -0.187. The maximum absolute atomic E-state index is 12.1. The van der Waals surface area contributed by atoms with E-state index in [2.05, 4.69) is 15.4 Å². The van der Waals surface area contributed by atoms with E-state index >= 15 is 0 Å². The summed E-state index contributed by atoms with van der Waals surface area (Å²) in [6, 6.07) is 13.2. The van der Waals surface area contributed by atoms with Crippen LogP contribution in [0.4, 0.5) is 0 Å². The number of carbonyl (C=O) groups excluding carboxylic acids is 1. The lowest BCUT2D eigenvalue weighted by Crippen LogP contribution is -2.31. The molecule has 138 valence electrons. The van der Waals surface area contributed by atoms with Crippen molar-refractivity contribution in [2.24, 2.45) is 0 Å². The first-order valence-electron chi connectivity index (χ1n) is 8.60. The zero-order valence-electron chi connectivity index (χ0n) is 15.2. The number of thiazole rings is 1. The van der Waals surface area contributed by atoms with Gasteiger partial charge in [-0.25, -0.2) is 9.67 Å². The monoisotopic (exact) mass is 380 g/mol. The van der Waals surface area contributed by atoms with Crippen molar-refractivity contribution in [3.8, 4) is 21.1 Å². The van der Waals surface area contributed by atoms with Crippen molar-refractivity contribution in [1.82, 2.24) is 20.1 Å². The molecule has 0 saturated heterocycles. The number of carbonyl (C=O) groups is 1. The van der Waals surface area contributed by atoms with Crippen LogP contribution in [0.3, 0.4) is 0 Å². The number of nitrogens with zero attached hydrogens (tertiary/aromatic N) is 3. The number of aromatic nitrogens is 3. The fraction of sp³-hybridized carbons (Fsp3) is 0.200. The molecule has 6 nitrogen and oxygen atoms in total. The highest BCUT2D eigenvalue weighted by Crippen LogP contribution is 2.33. The third-order valence-electron chi connectivity index (χ3n) is 3.86. The lowest BCUT2D eigenvalue weighted by atomic mass is 10.2. The lowest BCUT2D eigenvalue weighted by Gasteiger charge is -2.07. The van der Waals surface area contributed by atoms with Crippen LogP contribution in [0, 0.1) is 6.92 Å². The third kappa shape index (κ3) is 4.57. The number of aryl methyl sites for hydroxylation is 1. The molecule has 0 aliphatic rings. The topological polar surface area (TPSA) is 76.9 Å². The first-order valence-corrected chi connectivity index (χ1v) is 9.42. The van der Waals surface area contributed by atoms with Crippen LogP contribution in [0.1, 0.15) is 12.6 Å². The Morgan fingerprint density at radius 2 is 2.00 bits per heavy atom. The first-order chi connectivity index (χ1) is 13.1. The predicted molar refractivity (Wildman–Crippen MR) is 108 cm³/mol. The zero-order valence-corrected chi connectivity index (χ0v) is 16.0. The number of allylic oxidation sites excluding steroid dienone is 1. The molecule has 1 amide bonds. The van der Waals surface area contributed by atoms with E-state index in [1.165, 1.54) is 16.8 Å². The fourth-order valence-corrected chi connectivity index (χ4v) is 3.60. The fourth-order valence-electron chi connectivity index (χ4n) is 2.56. The van der Waals surface area contributed by atoms with Gasteiger partial charge in [-0.1, -0.05) is 36.4 Å². The van der Waals surface area contributed by atoms with Crippen molar-refractivity contribution >= 4 is 17.2 Å². The van der Waals surface area contributed by atoms with Crippen LogP contribution in [0.15, 0.2) is 59.4 Å². The van der Waals surface area contributed by atoms with Crippen molar-refractivity contribution < 1.29 is 4.79 Å². The Balaban J connectivity index is 1.83. The maximum Gasteiger partial charge on any atom is 0.266 e. The number of amides is 1. The SMILES string of the molecule is CC=CC(=O)NCCn1nc(-c2sc(-c3ccccc3)nc2C)ccc1=O. The van der Waals surface area contributed by atoms with E-state index in [1.54, 1.807) is 30.4 Å². The summed E-state index contributed by atoms with van der Waals surface area (Å²) in [4.78, 5) is 29.1. The summed E-state index contributed by atoms with van der Waals surface area (Å²) in [6.45, 7) is 4.35. The second-order valence-corrected chi connectivity index (χ2v) is 6.87. The second kappa shape index (κ2) is 8.55. The third-order valence-corrected chi connectivity index (χ3v) is 5.09. The molecule has 0 radical (unpaired) electrons. The van der Waals surface area contributed by atoms with E-state index in [0.29, 0.717) is 18.8 Å². The summed E-state index contributed by atoms with van der Waals surface area (Å²) in [5.41, 5.74) is 2.42. The van der Waals surface area contributed by atoms with Gasteiger partial charge < -0.3 is 5.32 Å². The minimum absolute atomic E-state index is 0.187. The molecular weight excluding hydrogens is 360 g/mol. The average molecular weight is 380 g/mol. The van der Waals surface area contributed by atoms with Crippen molar-refractivity contribution in [2.45, 2.75) is 20.4 Å². The van der Waals surface area contributed by atoms with Crippen LogP contribution in [0.25, 0.3) is 21.1 Å². The molecule has 1 aromatic carbocycles. The molecule has 0 saturated carbocycles. The normalized spacial score (nSPS) is 11.0. The number of hydrogen-bond donors (Lipinski definition) is 1. The molecule has 0 atom stereocenters. The van der Waals surface area contributed by atoms with Crippen molar-refractivity contribution in [2.75, 3.05) is 6.54 Å². The Kier molecular flexibility index (Phi) is 5.93. The standard InChI is InChI=1S/C20H20N4O2S/c1-3-7-17(25)21-12-13-24-18(26)11-10-16(23-24)19-14(2)22-20(27-19)15-8-5-4-6-9-15/h3-11H,12-13H2,1-2H3,(H,21,25). The molecule has 7 heteroatoms. The van der Waals surface area contributed by atoms with E-state index in [4.69, 9.17) is 0 Å². The molecular formula is C20H20N4O2S. The Hall–Kier alpha value is -3.06. The molecule has 0 unspecified atom stereocenters. The van der Waals surface area contributed by atoms with Gasteiger partial charge >= 0.3 is 0 Å². The lowest BCUT2D eigenvalue weighted by molar-refractivity contribution is -0.116. The van der Waals surface area contributed by atoms with Gasteiger partial charge in [-0.3, -0.25) is 9.59 Å². The van der Waals surface area contributed by atoms with Crippen LogP contribution < -0.4 is 10.9 Å². The van der Waals surface area contributed by atoms with Crippen LogP contribution in [-0.2, 0) is 11.3 Å². The minimum atomic E-state index is -0.204. The highest BCUT2D eigenvalue weighted by Gasteiger charge is 2.13. The van der Waals surface area contributed by atoms with Gasteiger partial charge in [-0.05, 0) is 26.0 Å². The number of rotatable bonds is 6. The second-order valence-electron chi connectivity index (χ2n) is 5.87. The van der Waals surface area contributed by atoms with Gasteiger partial charge in [0.1, 0.15) is 10.7 Å². The van der Waals surface area contributed by atoms with E-state index in [9.17, 15) is 9.59 Å². The van der Waals surface area contributed by atoms with E-state index in [0.717, 1.165) is 21.1 Å². The van der Waals surface area contributed by atoms with Crippen LogP contribution in [0.2, 0.25) is 0 Å². The molecule has 0 bridgehead atoms. The van der Waals surface area contributed by atoms with Gasteiger partial charge in [-0.15, -0.1) is 11.3 Å². The molecule has 2 aromatic heterocycles. The summed E-state index contributed by atoms with van der Waals surface area (Å²) < 4.78 is 1.37.